The van der Waals surface area contributed by atoms with Gasteiger partial charge in [0.1, 0.15) is 12.4 Å². The van der Waals surface area contributed by atoms with Gasteiger partial charge in [0.15, 0.2) is 0 Å². The Morgan fingerprint density at radius 1 is 1.05 bits per heavy atom. The summed E-state index contributed by atoms with van der Waals surface area (Å²) in [6, 6.07) is 15.5. The van der Waals surface area contributed by atoms with Crippen molar-refractivity contribution in [3.8, 4) is 5.75 Å². The molecule has 2 amide bonds. The number of rotatable bonds is 15. The smallest absolute Gasteiger partial charge is 0.407 e. The minimum atomic E-state index is -3.56. The number of alkyl carbamates (subject to hydrolysis) is 1. The van der Waals surface area contributed by atoms with Gasteiger partial charge in [0.25, 0.3) is 0 Å². The molecule has 10 nitrogen and oxygen atoms in total. The minimum absolute atomic E-state index is 0.0817. The number of sulfonamides is 1. The normalized spacial score (nSPS) is 18.3. The van der Waals surface area contributed by atoms with Crippen LogP contribution in [-0.4, -0.2) is 74.5 Å². The number of aliphatic hydroxyl groups is 1. The molecular formula is C30H43N3O7S. The summed E-state index contributed by atoms with van der Waals surface area (Å²) in [4.78, 5) is 25.7. The first-order valence-corrected chi connectivity index (χ1v) is 15.8. The third-order valence-corrected chi connectivity index (χ3v) is 8.62. The van der Waals surface area contributed by atoms with Crippen molar-refractivity contribution < 1.29 is 32.6 Å². The largest absolute Gasteiger partial charge is 0.497 e. The molecule has 0 bridgehead atoms. The first-order chi connectivity index (χ1) is 19.5. The zero-order chi connectivity index (χ0) is 30.0. The Morgan fingerprint density at radius 3 is 2.29 bits per heavy atom. The van der Waals surface area contributed by atoms with Crippen LogP contribution in [0.15, 0.2) is 54.6 Å². The Balaban J connectivity index is 1.61. The van der Waals surface area contributed by atoms with E-state index >= 15 is 0 Å². The number of nitrogens with zero attached hydrogens (tertiary/aromatic N) is 1. The molecular weight excluding hydrogens is 546 g/mol. The number of carbonyl (C=O) groups excluding carboxylic acids is 2. The standard InChI is InChI=1S/C30H43N3O7S/c1-21(2)16-17-33(41(4,37)38)19-28(34)27(18-22-8-6-5-7-9-22)31-29(35)25-14-15-26(25)32-30(36)40-20-23-10-12-24(39-3)13-11-23/h5-13,21,25-28,34H,14-20H2,1-4H3,(H,31,35)(H,32,36). The Kier molecular flexibility index (Phi) is 12.0. The number of benzene rings is 2. The maximum absolute atomic E-state index is 13.3. The molecule has 3 N–H and O–H groups in total. The predicted octanol–water partition coefficient (Wildman–Crippen LogP) is 3.10. The van der Waals surface area contributed by atoms with E-state index in [1.807, 2.05) is 44.2 Å². The summed E-state index contributed by atoms with van der Waals surface area (Å²) in [5.74, 6) is 0.213. The highest BCUT2D eigenvalue weighted by molar-refractivity contribution is 7.88. The van der Waals surface area contributed by atoms with Crippen molar-refractivity contribution in [1.29, 1.82) is 0 Å². The van der Waals surface area contributed by atoms with Gasteiger partial charge in [-0.05, 0) is 54.9 Å². The lowest BCUT2D eigenvalue weighted by Gasteiger charge is -2.37. The fourth-order valence-electron chi connectivity index (χ4n) is 4.62. The third-order valence-electron chi connectivity index (χ3n) is 7.35. The molecule has 1 aliphatic rings. The van der Waals surface area contributed by atoms with Gasteiger partial charge in [0, 0.05) is 19.1 Å². The van der Waals surface area contributed by atoms with E-state index in [2.05, 4.69) is 10.6 Å². The summed E-state index contributed by atoms with van der Waals surface area (Å²) in [6.45, 7) is 4.25. The van der Waals surface area contributed by atoms with Crippen LogP contribution in [0.4, 0.5) is 4.79 Å². The molecule has 41 heavy (non-hydrogen) atoms. The Labute approximate surface area is 243 Å². The van der Waals surface area contributed by atoms with Gasteiger partial charge in [-0.25, -0.2) is 13.2 Å². The molecule has 3 rings (SSSR count). The molecule has 0 radical (unpaired) electrons. The summed E-state index contributed by atoms with van der Waals surface area (Å²) in [6.07, 6.45) is 1.55. The van der Waals surface area contributed by atoms with Crippen molar-refractivity contribution in [2.45, 2.75) is 64.3 Å². The van der Waals surface area contributed by atoms with Crippen LogP contribution in [0.5, 0.6) is 5.75 Å². The molecule has 226 valence electrons. The van der Waals surface area contributed by atoms with E-state index in [9.17, 15) is 23.1 Å². The van der Waals surface area contributed by atoms with Gasteiger partial charge >= 0.3 is 6.09 Å². The second kappa shape index (κ2) is 15.2. The molecule has 1 saturated carbocycles. The Hall–Kier alpha value is -3.15. The molecule has 11 heteroatoms. The second-order valence-electron chi connectivity index (χ2n) is 11.0. The molecule has 4 unspecified atom stereocenters. The van der Waals surface area contributed by atoms with Crippen LogP contribution in [0.2, 0.25) is 0 Å². The van der Waals surface area contributed by atoms with Crippen molar-refractivity contribution in [3.63, 3.8) is 0 Å². The summed E-state index contributed by atoms with van der Waals surface area (Å²) in [7, 11) is -1.98. The van der Waals surface area contributed by atoms with Crippen LogP contribution in [0.25, 0.3) is 0 Å². The molecule has 1 fully saturated rings. The fourth-order valence-corrected chi connectivity index (χ4v) is 5.48. The van der Waals surface area contributed by atoms with Crippen LogP contribution in [0.3, 0.4) is 0 Å². The Bertz CT molecular complexity index is 1220. The van der Waals surface area contributed by atoms with Crippen LogP contribution in [-0.2, 0) is 32.6 Å². The lowest BCUT2D eigenvalue weighted by Crippen LogP contribution is -2.57. The molecule has 0 spiro atoms. The summed E-state index contributed by atoms with van der Waals surface area (Å²) in [5.41, 5.74) is 1.70. The quantitative estimate of drug-likeness (QED) is 0.291. The van der Waals surface area contributed by atoms with Crippen molar-refractivity contribution in [1.82, 2.24) is 14.9 Å². The van der Waals surface area contributed by atoms with Gasteiger partial charge in [0.05, 0.1) is 31.4 Å². The molecule has 4 atom stereocenters. The zero-order valence-corrected chi connectivity index (χ0v) is 25.1. The highest BCUT2D eigenvalue weighted by Crippen LogP contribution is 2.28. The SMILES string of the molecule is COc1ccc(COC(=O)NC2CCC2C(=O)NC(Cc2ccccc2)C(O)CN(CCC(C)C)S(C)(=O)=O)cc1. The van der Waals surface area contributed by atoms with Gasteiger partial charge < -0.3 is 25.2 Å². The van der Waals surface area contributed by atoms with Crippen molar-refractivity contribution in [2.24, 2.45) is 11.8 Å². The number of nitrogens with one attached hydrogen (secondary N) is 2. The number of hydrogen-bond acceptors (Lipinski definition) is 7. The number of hydrogen-bond donors (Lipinski definition) is 3. The molecule has 2 aromatic rings. The predicted molar refractivity (Wildman–Crippen MR) is 157 cm³/mol. The van der Waals surface area contributed by atoms with E-state index in [1.54, 1.807) is 31.4 Å². The number of carbonyl (C=O) groups is 2. The zero-order valence-electron chi connectivity index (χ0n) is 24.3. The first kappa shape index (κ1) is 32.4. The monoisotopic (exact) mass is 589 g/mol. The van der Waals surface area contributed by atoms with E-state index < -0.39 is 40.2 Å². The average molecular weight is 590 g/mol. The van der Waals surface area contributed by atoms with E-state index in [0.717, 1.165) is 17.4 Å². The Morgan fingerprint density at radius 2 is 1.73 bits per heavy atom. The van der Waals surface area contributed by atoms with E-state index in [1.165, 1.54) is 4.31 Å². The van der Waals surface area contributed by atoms with Crippen molar-refractivity contribution in [2.75, 3.05) is 26.5 Å². The number of amides is 2. The fraction of sp³-hybridized carbons (Fsp3) is 0.533. The van der Waals surface area contributed by atoms with Gasteiger partial charge in [-0.2, -0.15) is 4.31 Å². The van der Waals surface area contributed by atoms with Crippen LogP contribution < -0.4 is 15.4 Å². The van der Waals surface area contributed by atoms with Gasteiger partial charge in [0.2, 0.25) is 15.9 Å². The lowest BCUT2D eigenvalue weighted by atomic mass is 9.78. The topological polar surface area (TPSA) is 134 Å². The third kappa shape index (κ3) is 10.3. The molecule has 0 saturated heterocycles. The molecule has 0 heterocycles. The summed E-state index contributed by atoms with van der Waals surface area (Å²) >= 11 is 0. The average Bonchev–Trinajstić information content (AvgIpc) is 2.91. The van der Waals surface area contributed by atoms with Crippen LogP contribution in [0.1, 0.15) is 44.2 Å². The van der Waals surface area contributed by atoms with Crippen LogP contribution in [0, 0.1) is 11.8 Å². The minimum Gasteiger partial charge on any atom is -0.497 e. The molecule has 2 aromatic carbocycles. The van der Waals surface area contributed by atoms with E-state index in [4.69, 9.17) is 9.47 Å². The van der Waals surface area contributed by atoms with Gasteiger partial charge in [-0.3, -0.25) is 4.79 Å². The van der Waals surface area contributed by atoms with Crippen molar-refractivity contribution in [3.05, 3.63) is 65.7 Å². The highest BCUT2D eigenvalue weighted by Gasteiger charge is 2.39. The number of ether oxygens (including phenoxy) is 2. The lowest BCUT2D eigenvalue weighted by molar-refractivity contribution is -0.130. The second-order valence-corrected chi connectivity index (χ2v) is 13.0. The first-order valence-electron chi connectivity index (χ1n) is 14.0. The summed E-state index contributed by atoms with van der Waals surface area (Å²) in [5, 5.41) is 16.9. The number of aliphatic hydroxyl groups excluding tert-OH is 1. The van der Waals surface area contributed by atoms with E-state index in [-0.39, 0.29) is 25.6 Å². The maximum Gasteiger partial charge on any atom is 0.407 e. The number of methoxy groups -OCH3 is 1. The maximum atomic E-state index is 13.3. The summed E-state index contributed by atoms with van der Waals surface area (Å²) < 4.78 is 36.6. The van der Waals surface area contributed by atoms with Crippen molar-refractivity contribution >= 4 is 22.0 Å². The van der Waals surface area contributed by atoms with Gasteiger partial charge in [-0.15, -0.1) is 0 Å². The van der Waals surface area contributed by atoms with Gasteiger partial charge in [-0.1, -0.05) is 56.3 Å². The van der Waals surface area contributed by atoms with Crippen LogP contribution >= 0.6 is 0 Å². The van der Waals surface area contributed by atoms with E-state index in [0.29, 0.717) is 37.4 Å². The molecule has 1 aliphatic carbocycles. The highest BCUT2D eigenvalue weighted by atomic mass is 32.2. The molecule has 0 aromatic heterocycles. The molecule has 0 aliphatic heterocycles.